The van der Waals surface area contributed by atoms with Gasteiger partial charge in [0, 0.05) is 39.3 Å². The molecule has 0 radical (unpaired) electrons. The molecule has 3 aromatic rings. The summed E-state index contributed by atoms with van der Waals surface area (Å²) >= 11 is 0. The molecule has 3 heterocycles. The van der Waals surface area contributed by atoms with E-state index in [-0.39, 0.29) is 28.9 Å². The van der Waals surface area contributed by atoms with Crippen molar-refractivity contribution in [2.45, 2.75) is 19.8 Å². The molecule has 11 heteroatoms. The van der Waals surface area contributed by atoms with E-state index in [1.54, 1.807) is 42.3 Å². The Morgan fingerprint density at radius 2 is 1.60 bits per heavy atom. The second-order valence-corrected chi connectivity index (χ2v) is 10.3. The molecule has 11 nitrogen and oxygen atoms in total. The van der Waals surface area contributed by atoms with E-state index in [2.05, 4.69) is 10.00 Å². The Balaban J connectivity index is 1.43. The molecule has 1 amide bonds. The third kappa shape index (κ3) is 5.86. The first kappa shape index (κ1) is 28.8. The largest absolute Gasteiger partial charge is 0.466 e. The number of benzene rings is 2. The highest BCUT2D eigenvalue weighted by Crippen LogP contribution is 2.31. The summed E-state index contributed by atoms with van der Waals surface area (Å²) in [5.74, 6) is -1.38. The van der Waals surface area contributed by atoms with Crippen LogP contribution < -0.4 is 15.4 Å². The summed E-state index contributed by atoms with van der Waals surface area (Å²) in [6, 6.07) is 15.9. The normalized spacial score (nSPS) is 17.1. The molecule has 1 atom stereocenters. The van der Waals surface area contributed by atoms with E-state index in [9.17, 15) is 19.2 Å². The lowest BCUT2D eigenvalue weighted by Crippen LogP contribution is -2.50. The molecule has 5 rings (SSSR count). The van der Waals surface area contributed by atoms with Gasteiger partial charge >= 0.3 is 11.9 Å². The predicted molar refractivity (Wildman–Crippen MR) is 157 cm³/mol. The molecule has 1 aromatic heterocycles. The standard InChI is InChI=1S/C31H35N5O6/c1-3-42-30(39)22-10-9-15-35(21-22)27-26(20-32-36(29(27)38)23-11-5-4-6-12-23)33-16-18-34(19-17-33)28(37)24-13-7-8-14-25(24)31(40)41-2/h4-8,11-14,20,22H,3,9-10,15-19,21H2,1-2H3. The van der Waals surface area contributed by atoms with Gasteiger partial charge < -0.3 is 24.2 Å². The molecule has 2 saturated heterocycles. The minimum Gasteiger partial charge on any atom is -0.466 e. The van der Waals surface area contributed by atoms with Crippen molar-refractivity contribution in [2.75, 3.05) is 62.8 Å². The quantitative estimate of drug-likeness (QED) is 0.394. The van der Waals surface area contributed by atoms with Crippen LogP contribution in [-0.2, 0) is 14.3 Å². The van der Waals surface area contributed by atoms with Crippen LogP contribution in [0, 0.1) is 5.92 Å². The third-order valence-corrected chi connectivity index (χ3v) is 7.76. The van der Waals surface area contributed by atoms with Crippen molar-refractivity contribution in [2.24, 2.45) is 5.92 Å². The van der Waals surface area contributed by atoms with Crippen molar-refractivity contribution in [3.63, 3.8) is 0 Å². The molecule has 2 aromatic carbocycles. The second kappa shape index (κ2) is 12.9. The van der Waals surface area contributed by atoms with Gasteiger partial charge in [-0.15, -0.1) is 0 Å². The van der Waals surface area contributed by atoms with Gasteiger partial charge in [-0.25, -0.2) is 4.79 Å². The molecule has 2 aliphatic rings. The number of hydrogen-bond acceptors (Lipinski definition) is 9. The number of rotatable bonds is 7. The van der Waals surface area contributed by atoms with Crippen LogP contribution in [0.15, 0.2) is 65.6 Å². The minimum atomic E-state index is -0.560. The number of hydrogen-bond donors (Lipinski definition) is 0. The summed E-state index contributed by atoms with van der Waals surface area (Å²) in [5, 5.41) is 4.52. The first-order valence-electron chi connectivity index (χ1n) is 14.2. The van der Waals surface area contributed by atoms with Crippen molar-refractivity contribution in [1.82, 2.24) is 14.7 Å². The van der Waals surface area contributed by atoms with Gasteiger partial charge in [-0.3, -0.25) is 14.4 Å². The molecule has 2 aliphatic heterocycles. The molecule has 1 unspecified atom stereocenters. The SMILES string of the molecule is CCOC(=O)C1CCCN(c2c(N3CCN(C(=O)c4ccccc4C(=O)OC)CC3)cnn(-c3ccccc3)c2=O)C1. The number of anilines is 2. The van der Waals surface area contributed by atoms with Crippen molar-refractivity contribution >= 4 is 29.2 Å². The van der Waals surface area contributed by atoms with Gasteiger partial charge in [-0.2, -0.15) is 9.78 Å². The zero-order valence-electron chi connectivity index (χ0n) is 23.9. The minimum absolute atomic E-state index is 0.227. The number of ether oxygens (including phenoxy) is 2. The van der Waals surface area contributed by atoms with Crippen LogP contribution in [0.2, 0.25) is 0 Å². The average Bonchev–Trinajstić information content (AvgIpc) is 3.04. The zero-order chi connectivity index (χ0) is 29.6. The van der Waals surface area contributed by atoms with Crippen LogP contribution in [0.1, 0.15) is 40.5 Å². The van der Waals surface area contributed by atoms with E-state index >= 15 is 0 Å². The highest BCUT2D eigenvalue weighted by atomic mass is 16.5. The van der Waals surface area contributed by atoms with Gasteiger partial charge in [0.05, 0.1) is 48.3 Å². The summed E-state index contributed by atoms with van der Waals surface area (Å²) in [5.41, 5.74) is 2.05. The number of para-hydroxylation sites is 1. The van der Waals surface area contributed by atoms with Crippen LogP contribution in [0.25, 0.3) is 5.69 Å². The van der Waals surface area contributed by atoms with E-state index in [0.29, 0.717) is 74.9 Å². The zero-order valence-corrected chi connectivity index (χ0v) is 23.9. The number of aromatic nitrogens is 2. The van der Waals surface area contributed by atoms with E-state index in [1.165, 1.54) is 11.8 Å². The maximum absolute atomic E-state index is 14.0. The number of piperidine rings is 1. The van der Waals surface area contributed by atoms with Crippen molar-refractivity contribution in [3.05, 3.63) is 82.3 Å². The average molecular weight is 574 g/mol. The fraction of sp³-hybridized carbons (Fsp3) is 0.387. The summed E-state index contributed by atoms with van der Waals surface area (Å²) in [4.78, 5) is 58.0. The third-order valence-electron chi connectivity index (χ3n) is 7.76. The van der Waals surface area contributed by atoms with Crippen molar-refractivity contribution in [1.29, 1.82) is 0 Å². The lowest BCUT2D eigenvalue weighted by Gasteiger charge is -2.39. The number of nitrogens with zero attached hydrogens (tertiary/aromatic N) is 5. The lowest BCUT2D eigenvalue weighted by atomic mass is 9.97. The predicted octanol–water partition coefficient (Wildman–Crippen LogP) is 2.76. The van der Waals surface area contributed by atoms with Gasteiger partial charge in [0.2, 0.25) is 0 Å². The van der Waals surface area contributed by atoms with Crippen LogP contribution in [0.5, 0.6) is 0 Å². The number of carbonyl (C=O) groups is 3. The summed E-state index contributed by atoms with van der Waals surface area (Å²) in [6.45, 7) is 4.81. The molecule has 42 heavy (non-hydrogen) atoms. The number of esters is 2. The van der Waals surface area contributed by atoms with Crippen LogP contribution >= 0.6 is 0 Å². The highest BCUT2D eigenvalue weighted by molar-refractivity contribution is 6.05. The second-order valence-electron chi connectivity index (χ2n) is 10.3. The summed E-state index contributed by atoms with van der Waals surface area (Å²) < 4.78 is 11.5. The first-order chi connectivity index (χ1) is 20.4. The van der Waals surface area contributed by atoms with Gasteiger partial charge in [0.25, 0.3) is 11.5 Å². The topological polar surface area (TPSA) is 114 Å². The van der Waals surface area contributed by atoms with Gasteiger partial charge in [-0.1, -0.05) is 30.3 Å². The van der Waals surface area contributed by atoms with Gasteiger partial charge in [0.1, 0.15) is 5.69 Å². The molecule has 0 saturated carbocycles. The summed E-state index contributed by atoms with van der Waals surface area (Å²) in [7, 11) is 1.29. The highest BCUT2D eigenvalue weighted by Gasteiger charge is 2.33. The first-order valence-corrected chi connectivity index (χ1v) is 14.2. The van der Waals surface area contributed by atoms with Crippen molar-refractivity contribution in [3.8, 4) is 5.69 Å². The van der Waals surface area contributed by atoms with E-state index in [1.807, 2.05) is 35.2 Å². The Morgan fingerprint density at radius 1 is 0.905 bits per heavy atom. The maximum Gasteiger partial charge on any atom is 0.338 e. The number of amides is 1. The molecular formula is C31H35N5O6. The summed E-state index contributed by atoms with van der Waals surface area (Å²) in [6.07, 6.45) is 3.15. The Bertz CT molecular complexity index is 1500. The van der Waals surface area contributed by atoms with Gasteiger partial charge in [0.15, 0.2) is 0 Å². The fourth-order valence-electron chi connectivity index (χ4n) is 5.63. The van der Waals surface area contributed by atoms with Crippen LogP contribution in [-0.4, -0.2) is 85.5 Å². The Labute approximate surface area is 244 Å². The maximum atomic E-state index is 14.0. The number of carbonyl (C=O) groups excluding carboxylic acids is 3. The monoisotopic (exact) mass is 573 g/mol. The molecule has 0 N–H and O–H groups in total. The lowest BCUT2D eigenvalue weighted by molar-refractivity contribution is -0.148. The van der Waals surface area contributed by atoms with E-state index < -0.39 is 5.97 Å². The van der Waals surface area contributed by atoms with E-state index in [4.69, 9.17) is 9.47 Å². The molecule has 0 spiro atoms. The molecule has 0 aliphatic carbocycles. The van der Waals surface area contributed by atoms with Gasteiger partial charge in [-0.05, 0) is 44.0 Å². The Morgan fingerprint density at radius 3 is 2.29 bits per heavy atom. The number of methoxy groups -OCH3 is 1. The van der Waals surface area contributed by atoms with Crippen molar-refractivity contribution < 1.29 is 23.9 Å². The van der Waals surface area contributed by atoms with E-state index in [0.717, 1.165) is 6.42 Å². The Hall–Kier alpha value is -4.67. The van der Waals surface area contributed by atoms with Crippen LogP contribution in [0.3, 0.4) is 0 Å². The smallest absolute Gasteiger partial charge is 0.338 e. The molecule has 2 fully saturated rings. The van der Waals surface area contributed by atoms with Crippen LogP contribution in [0.4, 0.5) is 11.4 Å². The molecule has 0 bridgehead atoms. The Kier molecular flexibility index (Phi) is 8.85. The number of piperazine rings is 1. The molecular weight excluding hydrogens is 538 g/mol. The fourth-order valence-corrected chi connectivity index (χ4v) is 5.63. The molecule has 220 valence electrons.